The van der Waals surface area contributed by atoms with E-state index in [9.17, 15) is 8.22 Å². The van der Waals surface area contributed by atoms with Crippen molar-refractivity contribution in [3.63, 3.8) is 0 Å². The molecule has 0 saturated heterocycles. The van der Waals surface area contributed by atoms with Gasteiger partial charge in [0.1, 0.15) is 11.5 Å². The summed E-state index contributed by atoms with van der Waals surface area (Å²) in [5.41, 5.74) is 23.0. The molecule has 0 atom stereocenters. The fraction of sp³-hybridized carbons (Fsp3) is 0.0110. The second-order valence-electron chi connectivity index (χ2n) is 25.6. The smallest absolute Gasteiger partial charge is 0.252 e. The molecule has 3 aliphatic heterocycles. The molecule has 0 radical (unpaired) electrons. The van der Waals surface area contributed by atoms with Crippen LogP contribution in [0.3, 0.4) is 0 Å². The predicted octanol–water partition coefficient (Wildman–Crippen LogP) is 21.4. The monoisotopic (exact) mass is 1240 g/mol. The summed E-state index contributed by atoms with van der Waals surface area (Å²) < 4.78 is 87.5. The third kappa shape index (κ3) is 7.61. The van der Waals surface area contributed by atoms with Crippen LogP contribution in [0.25, 0.3) is 99.5 Å². The molecule has 6 heteroatoms. The second kappa shape index (κ2) is 20.7. The van der Waals surface area contributed by atoms with Crippen molar-refractivity contribution in [1.29, 1.82) is 0 Å². The number of anilines is 6. The first-order valence-corrected chi connectivity index (χ1v) is 32.9. The van der Waals surface area contributed by atoms with Crippen molar-refractivity contribution in [3.8, 4) is 67.4 Å². The van der Waals surface area contributed by atoms with Gasteiger partial charge >= 0.3 is 0 Å². The van der Waals surface area contributed by atoms with Crippen LogP contribution in [0.2, 0.25) is 0 Å². The quantitative estimate of drug-likeness (QED) is 0.149. The lowest BCUT2D eigenvalue weighted by Crippen LogP contribution is -2.61. The molecule has 0 fully saturated rings. The van der Waals surface area contributed by atoms with E-state index in [1.54, 1.807) is 4.57 Å². The van der Waals surface area contributed by atoms with E-state index in [0.29, 0.717) is 5.69 Å². The van der Waals surface area contributed by atoms with Gasteiger partial charge in [-0.3, -0.25) is 0 Å². The van der Waals surface area contributed by atoms with Crippen LogP contribution in [-0.4, -0.2) is 15.8 Å². The maximum Gasteiger partial charge on any atom is 0.252 e. The number of hydrogen-bond donors (Lipinski definition) is 0. The Bertz CT molecular complexity index is 6490. The summed E-state index contributed by atoms with van der Waals surface area (Å²) in [6, 6.07) is 102. The molecule has 0 bridgehead atoms. The van der Waals surface area contributed by atoms with E-state index in [1.165, 1.54) is 10.8 Å². The van der Waals surface area contributed by atoms with Crippen molar-refractivity contribution < 1.29 is 15.7 Å². The first-order valence-electron chi connectivity index (χ1n) is 36.9. The minimum absolute atomic E-state index is 0.00677. The summed E-state index contributed by atoms with van der Waals surface area (Å²) in [6.45, 7) is -0.531. The van der Waals surface area contributed by atoms with Gasteiger partial charge in [0.05, 0.1) is 55.5 Å². The number of fused-ring (bicyclic) bond motifs is 19. The van der Waals surface area contributed by atoms with Gasteiger partial charge < -0.3 is 23.7 Å². The van der Waals surface area contributed by atoms with Crippen LogP contribution in [0, 0.1) is 0 Å². The van der Waals surface area contributed by atoms with E-state index in [0.717, 1.165) is 145 Å². The summed E-state index contributed by atoms with van der Waals surface area (Å²) in [5, 5.41) is 2.32. The van der Waals surface area contributed by atoms with Gasteiger partial charge in [-0.05, 0) is 146 Å². The van der Waals surface area contributed by atoms with Gasteiger partial charge in [0.2, 0.25) is 0 Å². The van der Waals surface area contributed by atoms with Crippen molar-refractivity contribution in [2.75, 3.05) is 9.80 Å². The molecule has 0 amide bonds. The highest BCUT2D eigenvalue weighted by atomic mass is 16.5. The Morgan fingerprint density at radius 1 is 0.289 bits per heavy atom. The molecule has 97 heavy (non-hydrogen) atoms. The van der Waals surface area contributed by atoms with Crippen LogP contribution in [0.15, 0.2) is 346 Å². The fourth-order valence-corrected chi connectivity index (χ4v) is 16.9. The molecular formula is C91H57BN4O. The first kappa shape index (κ1) is 46.4. The zero-order valence-corrected chi connectivity index (χ0v) is 52.1. The number of nitrogens with zero attached hydrogens (tertiary/aromatic N) is 4. The van der Waals surface area contributed by atoms with Crippen LogP contribution in [-0.2, 0) is 5.41 Å². The minimum Gasteiger partial charge on any atom is -0.457 e. The summed E-state index contributed by atoms with van der Waals surface area (Å²) in [6.07, 6.45) is 0. The third-order valence-electron chi connectivity index (χ3n) is 20.8. The van der Waals surface area contributed by atoms with E-state index in [-0.39, 0.29) is 33.9 Å². The van der Waals surface area contributed by atoms with Gasteiger partial charge in [-0.25, -0.2) is 0 Å². The molecule has 0 unspecified atom stereocenters. The average Bonchev–Trinajstić information content (AvgIpc) is 1.54. The largest absolute Gasteiger partial charge is 0.457 e. The van der Waals surface area contributed by atoms with E-state index in [2.05, 4.69) is 287 Å². The third-order valence-corrected chi connectivity index (χ3v) is 20.8. The average molecular weight is 1240 g/mol. The predicted molar refractivity (Wildman–Crippen MR) is 403 cm³/mol. The van der Waals surface area contributed by atoms with E-state index in [1.807, 2.05) is 24.3 Å². The Morgan fingerprint density at radius 2 is 0.773 bits per heavy atom. The van der Waals surface area contributed by atoms with Crippen molar-refractivity contribution in [1.82, 2.24) is 9.13 Å². The molecule has 0 N–H and O–H groups in total. The number of aromatic nitrogens is 2. The number of rotatable bonds is 7. The van der Waals surface area contributed by atoms with Crippen LogP contribution >= 0.6 is 0 Å². The normalized spacial score (nSPS) is 14.6. The van der Waals surface area contributed by atoms with Crippen LogP contribution in [0.5, 0.6) is 11.5 Å². The zero-order chi connectivity index (χ0) is 70.4. The SMILES string of the molecule is [2H]c1c([2H])c([2H])c2c(c1[2H])c1c([2H])c([2H])c([2H])c([2H])c1n2-c1cc2c3c(c1)N(c1ccccc1-c1ccccc1)c1cc4c(cc1B3c1ccc(-c3cccc(-n5c6ccccc6c6ccccc65)c3)cc1N2c1ccccc1-c1ccccc1)C1(c2ccccc2Oc2ccccc21)c1ccccc1-4. The molecule has 17 aromatic rings. The number of hydrogen-bond acceptors (Lipinski definition) is 3. The Balaban J connectivity index is 0.939. The maximum atomic E-state index is 10.0. The number of ether oxygens (including phenoxy) is 1. The highest BCUT2D eigenvalue weighted by Crippen LogP contribution is 2.63. The molecule has 5 heterocycles. The zero-order valence-electron chi connectivity index (χ0n) is 60.1. The molecule has 5 nitrogen and oxygen atoms in total. The summed E-state index contributed by atoms with van der Waals surface area (Å²) in [4.78, 5) is 4.76. The van der Waals surface area contributed by atoms with Gasteiger partial charge in [-0.1, -0.05) is 261 Å². The minimum atomic E-state index is -0.855. The Labute approximate surface area is 573 Å². The molecule has 1 spiro atoms. The fourth-order valence-electron chi connectivity index (χ4n) is 16.9. The standard InChI is InChI=1S/C91H57BN4O/c1-3-26-58(27-4-1)64-32-8-17-42-78(64)95-84-53-61(60-30-25-31-62(52-60)93-80-44-19-10-35-67(80)68-36-11-20-45-81(68)93)50-51-76(84)92-77-57-75-71(66-34-7-14-39-72(66)91(75)73-40-15-23-48-88(73)97-89-49-24-16-41-74(89)91)56-85(77)96(79-43-18-9-33-65(79)59-28-5-2-6-29-59)87-55-63(54-86(95)90(87)92)94-82-46-21-12-37-69(82)70-38-13-22-47-83(70)94/h1-57H/i12D,13D,21D,22D,37D,38D,46D,47D. The second-order valence-corrected chi connectivity index (χ2v) is 25.6. The van der Waals surface area contributed by atoms with E-state index < -0.39 is 48.4 Å². The lowest BCUT2D eigenvalue weighted by Gasteiger charge is -2.46. The molecular weight excluding hydrogens is 1180 g/mol. The maximum absolute atomic E-state index is 10.0. The summed E-state index contributed by atoms with van der Waals surface area (Å²) >= 11 is 0. The van der Waals surface area contributed by atoms with Gasteiger partial charge in [-0.15, -0.1) is 0 Å². The van der Waals surface area contributed by atoms with E-state index in [4.69, 9.17) is 7.48 Å². The van der Waals surface area contributed by atoms with E-state index >= 15 is 0 Å². The molecule has 450 valence electrons. The van der Waals surface area contributed by atoms with Gasteiger partial charge in [0, 0.05) is 72.2 Å². The lowest BCUT2D eigenvalue weighted by atomic mass is 9.33. The van der Waals surface area contributed by atoms with Crippen LogP contribution in [0.4, 0.5) is 34.1 Å². The van der Waals surface area contributed by atoms with Gasteiger partial charge in [0.25, 0.3) is 6.71 Å². The van der Waals surface area contributed by atoms with Gasteiger partial charge in [-0.2, -0.15) is 0 Å². The molecule has 1 aliphatic carbocycles. The first-order chi connectivity index (χ1) is 51.5. The number of benzene rings is 15. The van der Waals surface area contributed by atoms with Gasteiger partial charge in [0.15, 0.2) is 0 Å². The molecule has 15 aromatic carbocycles. The number of para-hydroxylation sites is 8. The van der Waals surface area contributed by atoms with Crippen LogP contribution in [0.1, 0.15) is 33.2 Å². The Morgan fingerprint density at radius 3 is 1.39 bits per heavy atom. The summed E-state index contributed by atoms with van der Waals surface area (Å²) in [7, 11) is 0. The topological polar surface area (TPSA) is 25.6 Å². The van der Waals surface area contributed by atoms with Crippen molar-refractivity contribution in [2.24, 2.45) is 0 Å². The Hall–Kier alpha value is -12.6. The molecule has 4 aliphatic rings. The Kier molecular flexibility index (Phi) is 9.90. The summed E-state index contributed by atoms with van der Waals surface area (Å²) in [5.74, 6) is 1.56. The lowest BCUT2D eigenvalue weighted by molar-refractivity contribution is 0.436. The van der Waals surface area contributed by atoms with Crippen molar-refractivity contribution in [2.45, 2.75) is 5.41 Å². The van der Waals surface area contributed by atoms with Crippen LogP contribution < -0.4 is 30.9 Å². The molecule has 2 aromatic heterocycles. The van der Waals surface area contributed by atoms with Crippen molar-refractivity contribution >= 4 is 101 Å². The molecule has 0 saturated carbocycles. The van der Waals surface area contributed by atoms with Crippen molar-refractivity contribution in [3.05, 3.63) is 368 Å². The molecule has 21 rings (SSSR count). The highest BCUT2D eigenvalue weighted by molar-refractivity contribution is 7.00. The highest BCUT2D eigenvalue weighted by Gasteiger charge is 2.53.